The Labute approximate surface area is 179 Å². The second-order valence-electron chi connectivity index (χ2n) is 7.85. The lowest BCUT2D eigenvalue weighted by molar-refractivity contribution is -0.150. The van der Waals surface area contributed by atoms with Crippen molar-refractivity contribution in [3.63, 3.8) is 0 Å². The Kier molecular flexibility index (Phi) is 5.61. The van der Waals surface area contributed by atoms with Crippen LogP contribution in [0.4, 0.5) is 26.7 Å². The number of nitrogens with zero attached hydrogens (tertiary/aromatic N) is 2. The lowest BCUT2D eigenvalue weighted by Crippen LogP contribution is -2.55. The first-order valence-electron chi connectivity index (χ1n) is 9.78. The molecule has 4 rings (SSSR count). The number of carboxylic acid groups (broad SMARTS) is 1. The highest BCUT2D eigenvalue weighted by Crippen LogP contribution is 2.41. The van der Waals surface area contributed by atoms with Crippen molar-refractivity contribution >= 4 is 6.09 Å². The van der Waals surface area contributed by atoms with Gasteiger partial charge in [-0.3, -0.25) is 4.90 Å². The van der Waals surface area contributed by atoms with Crippen LogP contribution in [0.25, 0.3) is 0 Å². The maximum Gasteiger partial charge on any atom is 0.407 e. The number of rotatable bonds is 4. The number of amides is 1. The number of ether oxygens (including phenoxy) is 1. The number of benzene rings is 2. The van der Waals surface area contributed by atoms with Gasteiger partial charge in [0.25, 0.3) is 0 Å². The molecule has 0 aliphatic carbocycles. The van der Waals surface area contributed by atoms with Crippen molar-refractivity contribution in [3.05, 3.63) is 58.7 Å². The van der Waals surface area contributed by atoms with Crippen molar-refractivity contribution < 1.29 is 41.7 Å². The number of carbonyl (C=O) groups is 1. The molecule has 1 fully saturated rings. The van der Waals surface area contributed by atoms with Crippen LogP contribution in [-0.4, -0.2) is 64.6 Å². The first-order chi connectivity index (χ1) is 15.0. The lowest BCUT2D eigenvalue weighted by atomic mass is 9.87. The quantitative estimate of drug-likeness (QED) is 0.680. The summed E-state index contributed by atoms with van der Waals surface area (Å²) in [5.74, 6) is -2.42. The highest BCUT2D eigenvalue weighted by molar-refractivity contribution is 5.66. The molecule has 2 aromatic carbocycles. The van der Waals surface area contributed by atoms with Gasteiger partial charge in [-0.1, -0.05) is 6.07 Å². The Hall–Kier alpha value is -3.08. The molecule has 172 valence electrons. The number of likely N-dealkylation sites (tertiary alicyclic amines) is 1. The van der Waals surface area contributed by atoms with E-state index in [0.717, 1.165) is 21.9 Å². The van der Waals surface area contributed by atoms with E-state index in [2.05, 4.69) is 0 Å². The summed E-state index contributed by atoms with van der Waals surface area (Å²) in [6.45, 7) is -1.38. The summed E-state index contributed by atoms with van der Waals surface area (Å²) in [6, 6.07) is 4.45. The minimum atomic E-state index is -4.58. The number of phenols is 1. The van der Waals surface area contributed by atoms with Gasteiger partial charge in [-0.05, 0) is 29.7 Å². The van der Waals surface area contributed by atoms with Crippen molar-refractivity contribution in [2.75, 3.05) is 26.2 Å². The average Bonchev–Trinajstić information content (AvgIpc) is 2.63. The van der Waals surface area contributed by atoms with Crippen LogP contribution >= 0.6 is 0 Å². The van der Waals surface area contributed by atoms with Gasteiger partial charge in [0.2, 0.25) is 0 Å². The van der Waals surface area contributed by atoms with E-state index >= 15 is 8.78 Å². The molecule has 2 heterocycles. The van der Waals surface area contributed by atoms with Crippen LogP contribution in [0, 0.1) is 11.6 Å². The first-order valence-corrected chi connectivity index (χ1v) is 9.78. The summed E-state index contributed by atoms with van der Waals surface area (Å²) >= 11 is 0. The predicted molar refractivity (Wildman–Crippen MR) is 102 cm³/mol. The fourth-order valence-electron chi connectivity index (χ4n) is 4.16. The second kappa shape index (κ2) is 8.12. The predicted octanol–water partition coefficient (Wildman–Crippen LogP) is 3.92. The molecule has 11 heteroatoms. The molecule has 1 unspecified atom stereocenters. The molecular formula is C21H19F5N2O4. The third-order valence-electron chi connectivity index (χ3n) is 5.58. The van der Waals surface area contributed by atoms with Crippen LogP contribution in [0.15, 0.2) is 30.3 Å². The van der Waals surface area contributed by atoms with Gasteiger partial charge in [0.05, 0.1) is 25.7 Å². The standard InChI is InChI=1S/C21H19F5N2O4/c22-16-6-13(32-14-8-28(9-14)20(30)31)7-17(23)18(16)19-15-2-1-12(29)5-11(15)3-4-27(19)10-21(24,25)26/h1-2,5-7,14,19,29H,3-4,8-10H2,(H,30,31). The maximum absolute atomic E-state index is 15.1. The Morgan fingerprint density at radius 1 is 1.12 bits per heavy atom. The van der Waals surface area contributed by atoms with E-state index in [1.54, 1.807) is 0 Å². The monoisotopic (exact) mass is 458 g/mol. The number of hydrogen-bond donors (Lipinski definition) is 2. The molecule has 1 saturated heterocycles. The smallest absolute Gasteiger partial charge is 0.407 e. The molecule has 6 nitrogen and oxygen atoms in total. The molecule has 2 aliphatic heterocycles. The zero-order chi connectivity index (χ0) is 23.2. The highest BCUT2D eigenvalue weighted by Gasteiger charge is 2.40. The molecule has 2 aromatic rings. The zero-order valence-corrected chi connectivity index (χ0v) is 16.6. The number of halogens is 5. The zero-order valence-electron chi connectivity index (χ0n) is 16.6. The average molecular weight is 458 g/mol. The van der Waals surface area contributed by atoms with E-state index in [4.69, 9.17) is 9.84 Å². The molecule has 32 heavy (non-hydrogen) atoms. The largest absolute Gasteiger partial charge is 0.508 e. The van der Waals surface area contributed by atoms with Crippen LogP contribution < -0.4 is 4.74 Å². The number of hydrogen-bond acceptors (Lipinski definition) is 4. The summed E-state index contributed by atoms with van der Waals surface area (Å²) in [5.41, 5.74) is 0.241. The Morgan fingerprint density at radius 3 is 2.38 bits per heavy atom. The van der Waals surface area contributed by atoms with Gasteiger partial charge >= 0.3 is 12.3 Å². The minimum Gasteiger partial charge on any atom is -0.508 e. The Balaban J connectivity index is 1.67. The van der Waals surface area contributed by atoms with Gasteiger partial charge in [-0.15, -0.1) is 0 Å². The summed E-state index contributed by atoms with van der Waals surface area (Å²) in [5, 5.41) is 18.5. The molecular weight excluding hydrogens is 439 g/mol. The number of phenolic OH excluding ortho intramolecular Hbond substituents is 1. The van der Waals surface area contributed by atoms with Crippen LogP contribution in [0.1, 0.15) is 22.7 Å². The number of alkyl halides is 3. The Bertz CT molecular complexity index is 1020. The molecule has 1 atom stereocenters. The van der Waals surface area contributed by atoms with Crippen molar-refractivity contribution in [2.24, 2.45) is 0 Å². The second-order valence-corrected chi connectivity index (χ2v) is 7.85. The van der Waals surface area contributed by atoms with Crippen molar-refractivity contribution in [1.29, 1.82) is 0 Å². The SMILES string of the molecule is O=C(O)N1CC(Oc2cc(F)c(C3c4ccc(O)cc4CCN3CC(F)(F)F)c(F)c2)C1. The fraction of sp³-hybridized carbons (Fsp3) is 0.381. The first kappa shape index (κ1) is 22.1. The fourth-order valence-corrected chi connectivity index (χ4v) is 4.16. The number of fused-ring (bicyclic) bond motifs is 1. The highest BCUT2D eigenvalue weighted by atomic mass is 19.4. The van der Waals surface area contributed by atoms with E-state index in [1.165, 1.54) is 18.2 Å². The van der Waals surface area contributed by atoms with Crippen molar-refractivity contribution in [3.8, 4) is 11.5 Å². The van der Waals surface area contributed by atoms with E-state index < -0.39 is 48.2 Å². The molecule has 1 amide bonds. The topological polar surface area (TPSA) is 73.2 Å². The van der Waals surface area contributed by atoms with Gasteiger partial charge in [0.15, 0.2) is 0 Å². The summed E-state index contributed by atoms with van der Waals surface area (Å²) < 4.78 is 75.1. The van der Waals surface area contributed by atoms with Gasteiger partial charge < -0.3 is 19.8 Å². The molecule has 2 N–H and O–H groups in total. The van der Waals surface area contributed by atoms with E-state index in [-0.39, 0.29) is 43.1 Å². The molecule has 0 bridgehead atoms. The van der Waals surface area contributed by atoms with Gasteiger partial charge in [-0.25, -0.2) is 13.6 Å². The third-order valence-corrected chi connectivity index (χ3v) is 5.58. The van der Waals surface area contributed by atoms with Gasteiger partial charge in [0, 0.05) is 24.2 Å². The normalized spacial score (nSPS) is 19.4. The summed E-state index contributed by atoms with van der Waals surface area (Å²) in [7, 11) is 0. The molecule has 0 spiro atoms. The molecule has 0 aromatic heterocycles. The lowest BCUT2D eigenvalue weighted by Gasteiger charge is -2.38. The number of aromatic hydroxyl groups is 1. The summed E-state index contributed by atoms with van der Waals surface area (Å²) in [6.07, 6.45) is -6.11. The van der Waals surface area contributed by atoms with Crippen LogP contribution in [-0.2, 0) is 6.42 Å². The van der Waals surface area contributed by atoms with Gasteiger partial charge in [-0.2, -0.15) is 13.2 Å². The van der Waals surface area contributed by atoms with Crippen LogP contribution in [0.2, 0.25) is 0 Å². The Morgan fingerprint density at radius 2 is 1.78 bits per heavy atom. The maximum atomic E-state index is 15.1. The van der Waals surface area contributed by atoms with Gasteiger partial charge in [0.1, 0.15) is 29.2 Å². The van der Waals surface area contributed by atoms with E-state index in [1.807, 2.05) is 0 Å². The third kappa shape index (κ3) is 4.43. The molecule has 0 radical (unpaired) electrons. The minimum absolute atomic E-state index is 0.0408. The van der Waals surface area contributed by atoms with E-state index in [0.29, 0.717) is 5.56 Å². The van der Waals surface area contributed by atoms with Crippen molar-refractivity contribution in [1.82, 2.24) is 9.80 Å². The van der Waals surface area contributed by atoms with Crippen LogP contribution in [0.5, 0.6) is 11.5 Å². The van der Waals surface area contributed by atoms with Crippen LogP contribution in [0.3, 0.4) is 0 Å². The molecule has 2 aliphatic rings. The van der Waals surface area contributed by atoms with E-state index in [9.17, 15) is 23.1 Å². The van der Waals surface area contributed by atoms with Crippen molar-refractivity contribution in [2.45, 2.75) is 24.7 Å². The molecule has 0 saturated carbocycles. The summed E-state index contributed by atoms with van der Waals surface area (Å²) in [4.78, 5) is 12.8.